The summed E-state index contributed by atoms with van der Waals surface area (Å²) in [6.45, 7) is 5.63. The highest BCUT2D eigenvalue weighted by Gasteiger charge is 2.34. The maximum Gasteiger partial charge on any atom is 0.416 e. The maximum absolute atomic E-state index is 13.5. The summed E-state index contributed by atoms with van der Waals surface area (Å²) in [4.78, 5) is 11.6. The maximum atomic E-state index is 13.5. The minimum absolute atomic E-state index is 0.0349. The molecule has 28 heavy (non-hydrogen) atoms. The minimum atomic E-state index is -4.47. The Bertz CT molecular complexity index is 810. The number of ketones is 1. The second kappa shape index (κ2) is 9.76. The van der Waals surface area contributed by atoms with Gasteiger partial charge in [0, 0.05) is 18.4 Å². The van der Waals surface area contributed by atoms with Gasteiger partial charge in [-0.1, -0.05) is 45.0 Å². The van der Waals surface area contributed by atoms with Crippen LogP contribution < -0.4 is 4.74 Å². The van der Waals surface area contributed by atoms with E-state index in [0.717, 1.165) is 24.5 Å². The predicted molar refractivity (Wildman–Crippen MR) is 105 cm³/mol. The Morgan fingerprint density at radius 2 is 1.75 bits per heavy atom. The van der Waals surface area contributed by atoms with Crippen LogP contribution in [-0.2, 0) is 36.8 Å². The average Bonchev–Trinajstić information content (AvgIpc) is 2.69. The third kappa shape index (κ3) is 5.60. The number of hydrogen-bond donors (Lipinski definition) is 0. The van der Waals surface area contributed by atoms with Crippen molar-refractivity contribution in [2.24, 2.45) is 0 Å². The van der Waals surface area contributed by atoms with Gasteiger partial charge in [-0.05, 0) is 48.1 Å². The monoisotopic (exact) mass is 392 g/mol. The quantitative estimate of drug-likeness (QED) is 0.499. The van der Waals surface area contributed by atoms with Crippen molar-refractivity contribution in [1.29, 1.82) is 0 Å². The van der Waals surface area contributed by atoms with E-state index in [9.17, 15) is 18.0 Å². The van der Waals surface area contributed by atoms with E-state index in [4.69, 9.17) is 4.74 Å². The van der Waals surface area contributed by atoms with Crippen molar-refractivity contribution in [3.63, 3.8) is 0 Å². The third-order valence-electron chi connectivity index (χ3n) is 4.93. The van der Waals surface area contributed by atoms with Gasteiger partial charge in [0.1, 0.15) is 18.1 Å². The first-order valence-corrected chi connectivity index (χ1v) is 9.74. The Hall–Kier alpha value is -2.30. The lowest BCUT2D eigenvalue weighted by atomic mass is 9.96. The molecule has 2 rings (SSSR count). The molecule has 5 heteroatoms. The van der Waals surface area contributed by atoms with Crippen LogP contribution in [0.15, 0.2) is 36.4 Å². The molecule has 0 unspecified atom stereocenters. The number of hydrogen-bond acceptors (Lipinski definition) is 2. The first-order chi connectivity index (χ1) is 13.3. The molecule has 0 heterocycles. The summed E-state index contributed by atoms with van der Waals surface area (Å²) in [5.41, 5.74) is 2.07. The van der Waals surface area contributed by atoms with Crippen molar-refractivity contribution in [3.8, 4) is 5.75 Å². The van der Waals surface area contributed by atoms with E-state index < -0.39 is 11.7 Å². The van der Waals surface area contributed by atoms with E-state index >= 15 is 0 Å². The van der Waals surface area contributed by atoms with E-state index in [-0.39, 0.29) is 30.8 Å². The number of Topliss-reactive ketones (excluding diaryl/α,β-unsaturated/α-hetero) is 1. The second-order valence-corrected chi connectivity index (χ2v) is 6.77. The molecular weight excluding hydrogens is 365 g/mol. The predicted octanol–water partition coefficient (Wildman–Crippen LogP) is 6.32. The summed E-state index contributed by atoms with van der Waals surface area (Å²) in [7, 11) is 0. The molecule has 152 valence electrons. The van der Waals surface area contributed by atoms with Crippen LogP contribution in [0.5, 0.6) is 5.75 Å². The summed E-state index contributed by atoms with van der Waals surface area (Å²) in [6.07, 6.45) is -1.94. The zero-order valence-electron chi connectivity index (χ0n) is 16.7. The van der Waals surface area contributed by atoms with Gasteiger partial charge < -0.3 is 4.74 Å². The number of alkyl halides is 3. The average molecular weight is 392 g/mol. The van der Waals surface area contributed by atoms with Crippen molar-refractivity contribution >= 4 is 5.78 Å². The van der Waals surface area contributed by atoms with Crippen LogP contribution in [-0.4, -0.2) is 5.78 Å². The fourth-order valence-electron chi connectivity index (χ4n) is 3.18. The van der Waals surface area contributed by atoms with E-state index in [1.807, 2.05) is 25.1 Å². The topological polar surface area (TPSA) is 26.3 Å². The first-order valence-electron chi connectivity index (χ1n) is 9.74. The van der Waals surface area contributed by atoms with Gasteiger partial charge >= 0.3 is 6.18 Å². The van der Waals surface area contributed by atoms with E-state index in [1.54, 1.807) is 13.0 Å². The molecule has 0 aliphatic heterocycles. The summed E-state index contributed by atoms with van der Waals surface area (Å²) in [5, 5.41) is 0. The zero-order chi connectivity index (χ0) is 20.7. The second-order valence-electron chi connectivity index (χ2n) is 6.77. The normalized spacial score (nSPS) is 11.5. The van der Waals surface area contributed by atoms with Gasteiger partial charge in [-0.15, -0.1) is 0 Å². The molecule has 2 aromatic rings. The molecule has 0 atom stereocenters. The summed E-state index contributed by atoms with van der Waals surface area (Å²) in [5.74, 6) is 0.639. The van der Waals surface area contributed by atoms with E-state index in [0.29, 0.717) is 17.7 Å². The van der Waals surface area contributed by atoms with E-state index in [1.165, 1.54) is 11.6 Å². The van der Waals surface area contributed by atoms with Crippen molar-refractivity contribution in [2.75, 3.05) is 0 Å². The molecule has 0 radical (unpaired) electrons. The highest BCUT2D eigenvalue weighted by Crippen LogP contribution is 2.35. The molecule has 0 amide bonds. The van der Waals surface area contributed by atoms with Crippen molar-refractivity contribution in [3.05, 3.63) is 64.2 Å². The Balaban J connectivity index is 2.33. The van der Waals surface area contributed by atoms with Gasteiger partial charge in [-0.25, -0.2) is 0 Å². The lowest BCUT2D eigenvalue weighted by Crippen LogP contribution is -2.14. The molecule has 0 bridgehead atoms. The number of rotatable bonds is 9. The number of aryl methyl sites for hydroxylation is 3. The smallest absolute Gasteiger partial charge is 0.416 e. The highest BCUT2D eigenvalue weighted by molar-refractivity contribution is 5.78. The fraction of sp³-hybridized carbons (Fsp3) is 0.435. The molecule has 0 saturated heterocycles. The van der Waals surface area contributed by atoms with Gasteiger partial charge in [0.05, 0.1) is 5.56 Å². The van der Waals surface area contributed by atoms with Crippen LogP contribution >= 0.6 is 0 Å². The summed E-state index contributed by atoms with van der Waals surface area (Å²) in [6, 6.07) is 9.92. The number of carbonyl (C=O) groups is 1. The van der Waals surface area contributed by atoms with Crippen LogP contribution in [0.2, 0.25) is 0 Å². The minimum Gasteiger partial charge on any atom is -0.489 e. The van der Waals surface area contributed by atoms with Crippen molar-refractivity contribution in [2.45, 2.75) is 65.7 Å². The molecular formula is C23H27F3O2. The largest absolute Gasteiger partial charge is 0.489 e. The van der Waals surface area contributed by atoms with Gasteiger partial charge in [-0.3, -0.25) is 4.79 Å². The number of ether oxygens (including phenoxy) is 1. The number of benzene rings is 2. The lowest BCUT2D eigenvalue weighted by molar-refractivity contribution is -0.138. The van der Waals surface area contributed by atoms with Crippen LogP contribution in [0.4, 0.5) is 13.2 Å². The Morgan fingerprint density at radius 1 is 1.00 bits per heavy atom. The molecule has 0 spiro atoms. The molecule has 2 aromatic carbocycles. The van der Waals surface area contributed by atoms with Gasteiger partial charge in [0.15, 0.2) is 0 Å². The molecule has 2 nitrogen and oxygen atoms in total. The highest BCUT2D eigenvalue weighted by atomic mass is 19.4. The Kier molecular flexibility index (Phi) is 7.67. The first kappa shape index (κ1) is 22.0. The molecule has 0 N–H and O–H groups in total. The van der Waals surface area contributed by atoms with Gasteiger partial charge in [0.2, 0.25) is 0 Å². The van der Waals surface area contributed by atoms with Gasteiger partial charge in [-0.2, -0.15) is 13.2 Å². The van der Waals surface area contributed by atoms with Crippen LogP contribution in [0.25, 0.3) is 0 Å². The standard InChI is InChI=1S/C23H27F3O2/c1-4-16-10-13-22(17(5-2)14-16)28-15-20-18(11-12-19(27)6-3)8-7-9-21(20)23(24,25)26/h7-10,13-14H,4-6,11-12,15H2,1-3H3. The SMILES string of the molecule is CCC(=O)CCc1cccc(C(F)(F)F)c1COc1ccc(CC)cc1CC. The van der Waals surface area contributed by atoms with Crippen molar-refractivity contribution in [1.82, 2.24) is 0 Å². The van der Waals surface area contributed by atoms with Crippen molar-refractivity contribution < 1.29 is 22.7 Å². The summed E-state index contributed by atoms with van der Waals surface area (Å²) < 4.78 is 46.5. The lowest BCUT2D eigenvalue weighted by Gasteiger charge is -2.19. The molecule has 0 fully saturated rings. The number of halogens is 3. The molecule has 0 aromatic heterocycles. The Morgan fingerprint density at radius 3 is 2.36 bits per heavy atom. The van der Waals surface area contributed by atoms with Crippen LogP contribution in [0, 0.1) is 0 Å². The van der Waals surface area contributed by atoms with Crippen LogP contribution in [0.1, 0.15) is 61.4 Å². The zero-order valence-corrected chi connectivity index (χ0v) is 16.7. The molecule has 0 saturated carbocycles. The Labute approximate surface area is 164 Å². The molecule has 0 aliphatic carbocycles. The number of carbonyl (C=O) groups excluding carboxylic acids is 1. The fourth-order valence-corrected chi connectivity index (χ4v) is 3.18. The van der Waals surface area contributed by atoms with Gasteiger partial charge in [0.25, 0.3) is 0 Å². The van der Waals surface area contributed by atoms with E-state index in [2.05, 4.69) is 6.92 Å². The summed E-state index contributed by atoms with van der Waals surface area (Å²) >= 11 is 0. The third-order valence-corrected chi connectivity index (χ3v) is 4.93. The van der Waals surface area contributed by atoms with Crippen LogP contribution in [0.3, 0.4) is 0 Å². The molecule has 0 aliphatic rings.